The Hall–Kier alpha value is -2.08. The van der Waals surface area contributed by atoms with Gasteiger partial charge in [0.1, 0.15) is 10.7 Å². The molecule has 29 heavy (non-hydrogen) atoms. The van der Waals surface area contributed by atoms with Crippen molar-refractivity contribution >= 4 is 33.4 Å². The van der Waals surface area contributed by atoms with Crippen molar-refractivity contribution in [1.29, 1.82) is 0 Å². The number of sulfonamides is 1. The van der Waals surface area contributed by atoms with E-state index in [-0.39, 0.29) is 54.2 Å². The minimum Gasteiger partial charge on any atom is -0.379 e. The number of carbonyl (C=O) groups excluding carboxylic acids is 1. The molecule has 0 unspecified atom stereocenters. The summed E-state index contributed by atoms with van der Waals surface area (Å²) in [5, 5.41) is 2.47. The number of thioether (sulfide) groups is 1. The SMILES string of the molecule is O=C(Nc1ccccc1SC(F)F)c1ccc(F)c(S(=O)(=O)N2CCOCC2)c1. The fraction of sp³-hybridized carbons (Fsp3) is 0.278. The lowest BCUT2D eigenvalue weighted by atomic mass is 10.2. The van der Waals surface area contributed by atoms with Crippen LogP contribution < -0.4 is 5.32 Å². The molecule has 156 valence electrons. The molecule has 2 aromatic carbocycles. The topological polar surface area (TPSA) is 75.7 Å². The Kier molecular flexibility index (Phi) is 6.83. The first-order valence-corrected chi connectivity index (χ1v) is 10.8. The summed E-state index contributed by atoms with van der Waals surface area (Å²) in [5.74, 6) is -4.41. The van der Waals surface area contributed by atoms with E-state index in [0.717, 1.165) is 22.5 Å². The molecule has 0 radical (unpaired) electrons. The molecule has 1 N–H and O–H groups in total. The molecule has 0 aromatic heterocycles. The lowest BCUT2D eigenvalue weighted by Gasteiger charge is -2.26. The number of halogens is 3. The van der Waals surface area contributed by atoms with Gasteiger partial charge < -0.3 is 10.1 Å². The second-order valence-corrected chi connectivity index (χ2v) is 8.93. The quantitative estimate of drug-likeness (QED) is 0.689. The minimum absolute atomic E-state index is 0.0798. The van der Waals surface area contributed by atoms with Crippen LogP contribution in [0.2, 0.25) is 0 Å². The third-order valence-electron chi connectivity index (χ3n) is 4.13. The van der Waals surface area contributed by atoms with Crippen LogP contribution in [-0.4, -0.2) is 50.7 Å². The van der Waals surface area contributed by atoms with Crippen molar-refractivity contribution in [2.75, 3.05) is 31.6 Å². The highest BCUT2D eigenvalue weighted by Gasteiger charge is 2.30. The largest absolute Gasteiger partial charge is 0.379 e. The van der Waals surface area contributed by atoms with Crippen molar-refractivity contribution in [2.45, 2.75) is 15.5 Å². The monoisotopic (exact) mass is 446 g/mol. The number of hydrogen-bond donors (Lipinski definition) is 1. The van der Waals surface area contributed by atoms with Crippen LogP contribution in [0.25, 0.3) is 0 Å². The van der Waals surface area contributed by atoms with Crippen molar-refractivity contribution in [2.24, 2.45) is 0 Å². The number of para-hydroxylation sites is 1. The van der Waals surface area contributed by atoms with Gasteiger partial charge in [-0.15, -0.1) is 0 Å². The van der Waals surface area contributed by atoms with Crippen molar-refractivity contribution in [3.63, 3.8) is 0 Å². The Balaban J connectivity index is 1.87. The summed E-state index contributed by atoms with van der Waals surface area (Å²) in [6.45, 7) is 0.548. The van der Waals surface area contributed by atoms with Crippen LogP contribution >= 0.6 is 11.8 Å². The van der Waals surface area contributed by atoms with E-state index in [0.29, 0.717) is 0 Å². The van der Waals surface area contributed by atoms with Crippen LogP contribution in [0.4, 0.5) is 18.9 Å². The fourth-order valence-corrected chi connectivity index (χ4v) is 4.82. The molecule has 3 rings (SSSR count). The van der Waals surface area contributed by atoms with Gasteiger partial charge in [0, 0.05) is 23.5 Å². The summed E-state index contributed by atoms with van der Waals surface area (Å²) < 4.78 is 71.3. The smallest absolute Gasteiger partial charge is 0.288 e. The normalized spacial score (nSPS) is 15.4. The summed E-state index contributed by atoms with van der Waals surface area (Å²) in [6.07, 6.45) is 0. The minimum atomic E-state index is -4.15. The van der Waals surface area contributed by atoms with Gasteiger partial charge in [0.2, 0.25) is 10.0 Å². The van der Waals surface area contributed by atoms with Gasteiger partial charge in [-0.3, -0.25) is 4.79 Å². The molecule has 1 fully saturated rings. The molecule has 2 aromatic rings. The fourth-order valence-electron chi connectivity index (χ4n) is 2.73. The average molecular weight is 446 g/mol. The third kappa shape index (κ3) is 5.10. The summed E-state index contributed by atoms with van der Waals surface area (Å²) in [5.41, 5.74) is 0.0276. The molecule has 1 aliphatic rings. The Labute approximate surface area is 170 Å². The molecule has 0 atom stereocenters. The summed E-state index contributed by atoms with van der Waals surface area (Å²) in [7, 11) is -4.15. The predicted octanol–water partition coefficient (Wildman–Crippen LogP) is 3.41. The summed E-state index contributed by atoms with van der Waals surface area (Å²) in [6, 6.07) is 8.94. The van der Waals surface area contributed by atoms with E-state index in [1.807, 2.05) is 0 Å². The van der Waals surface area contributed by atoms with Crippen molar-refractivity contribution in [3.05, 3.63) is 53.8 Å². The predicted molar refractivity (Wildman–Crippen MR) is 102 cm³/mol. The lowest BCUT2D eigenvalue weighted by molar-refractivity contribution is 0.0729. The Morgan fingerprint density at radius 3 is 2.52 bits per heavy atom. The maximum atomic E-state index is 14.3. The number of carbonyl (C=O) groups is 1. The number of anilines is 1. The number of amides is 1. The van der Waals surface area contributed by atoms with Crippen molar-refractivity contribution in [1.82, 2.24) is 4.31 Å². The maximum Gasteiger partial charge on any atom is 0.288 e. The first kappa shape index (κ1) is 21.6. The van der Waals surface area contributed by atoms with Gasteiger partial charge in [0.05, 0.1) is 18.9 Å². The van der Waals surface area contributed by atoms with Crippen LogP contribution in [-0.2, 0) is 14.8 Å². The van der Waals surface area contributed by atoms with E-state index >= 15 is 0 Å². The molecular formula is C18H17F3N2O4S2. The number of nitrogens with one attached hydrogen (secondary N) is 1. The van der Waals surface area contributed by atoms with Gasteiger partial charge in [-0.2, -0.15) is 13.1 Å². The highest BCUT2D eigenvalue weighted by Crippen LogP contribution is 2.32. The molecule has 0 aliphatic carbocycles. The van der Waals surface area contributed by atoms with Crippen molar-refractivity contribution < 1.29 is 31.1 Å². The van der Waals surface area contributed by atoms with E-state index in [1.54, 1.807) is 12.1 Å². The molecule has 1 aliphatic heterocycles. The van der Waals surface area contributed by atoms with Crippen LogP contribution in [0.5, 0.6) is 0 Å². The van der Waals surface area contributed by atoms with Crippen LogP contribution in [0.3, 0.4) is 0 Å². The van der Waals surface area contributed by atoms with Gasteiger partial charge >= 0.3 is 0 Å². The maximum absolute atomic E-state index is 14.3. The molecule has 0 saturated carbocycles. The highest BCUT2D eigenvalue weighted by molar-refractivity contribution is 7.99. The van der Waals surface area contributed by atoms with Gasteiger partial charge in [-0.25, -0.2) is 12.8 Å². The molecule has 0 bridgehead atoms. The van der Waals surface area contributed by atoms with Gasteiger partial charge in [0.15, 0.2) is 0 Å². The number of alkyl halides is 2. The van der Waals surface area contributed by atoms with E-state index in [4.69, 9.17) is 4.74 Å². The second-order valence-electron chi connectivity index (χ2n) is 5.99. The molecular weight excluding hydrogens is 429 g/mol. The number of morpholine rings is 1. The second kappa shape index (κ2) is 9.16. The number of rotatable bonds is 6. The number of hydrogen-bond acceptors (Lipinski definition) is 5. The van der Waals surface area contributed by atoms with Crippen LogP contribution in [0.1, 0.15) is 10.4 Å². The zero-order chi connectivity index (χ0) is 21.0. The summed E-state index contributed by atoms with van der Waals surface area (Å²) in [4.78, 5) is 12.1. The zero-order valence-electron chi connectivity index (χ0n) is 15.0. The van der Waals surface area contributed by atoms with Gasteiger partial charge in [-0.05, 0) is 30.3 Å². The van der Waals surface area contributed by atoms with Crippen LogP contribution in [0, 0.1) is 5.82 Å². The number of ether oxygens (including phenoxy) is 1. The van der Waals surface area contributed by atoms with Crippen LogP contribution in [0.15, 0.2) is 52.3 Å². The Morgan fingerprint density at radius 2 is 1.83 bits per heavy atom. The molecule has 0 spiro atoms. The molecule has 1 heterocycles. The van der Waals surface area contributed by atoms with E-state index in [2.05, 4.69) is 5.32 Å². The Morgan fingerprint density at radius 1 is 1.14 bits per heavy atom. The zero-order valence-corrected chi connectivity index (χ0v) is 16.6. The Bertz CT molecular complexity index is 996. The van der Waals surface area contributed by atoms with Gasteiger partial charge in [-0.1, -0.05) is 23.9 Å². The lowest BCUT2D eigenvalue weighted by Crippen LogP contribution is -2.41. The van der Waals surface area contributed by atoms with E-state index < -0.39 is 32.4 Å². The van der Waals surface area contributed by atoms with E-state index in [1.165, 1.54) is 12.1 Å². The highest BCUT2D eigenvalue weighted by atomic mass is 32.2. The number of benzene rings is 2. The first-order valence-electron chi connectivity index (χ1n) is 8.51. The molecule has 6 nitrogen and oxygen atoms in total. The molecule has 11 heteroatoms. The third-order valence-corrected chi connectivity index (χ3v) is 6.83. The average Bonchev–Trinajstić information content (AvgIpc) is 2.70. The molecule has 1 amide bonds. The summed E-state index contributed by atoms with van der Waals surface area (Å²) >= 11 is 0.268. The van der Waals surface area contributed by atoms with E-state index in [9.17, 15) is 26.4 Å². The molecule has 1 saturated heterocycles. The van der Waals surface area contributed by atoms with Gasteiger partial charge in [0.25, 0.3) is 11.7 Å². The standard InChI is InChI=1S/C18H17F3N2O4S2/c19-13-6-5-12(11-16(13)29(25,26)23-7-9-27-10-8-23)17(24)22-14-3-1-2-4-15(14)28-18(20)21/h1-6,11,18H,7-10H2,(H,22,24). The first-order chi connectivity index (χ1) is 13.8. The number of nitrogens with zero attached hydrogens (tertiary/aromatic N) is 1. The van der Waals surface area contributed by atoms with Crippen molar-refractivity contribution in [3.8, 4) is 0 Å².